The van der Waals surface area contributed by atoms with E-state index in [4.69, 9.17) is 0 Å². The van der Waals surface area contributed by atoms with Gasteiger partial charge in [0.2, 0.25) is 5.91 Å². The lowest BCUT2D eigenvalue weighted by atomic mass is 9.87. The van der Waals surface area contributed by atoms with E-state index in [1.807, 2.05) is 11.0 Å². The van der Waals surface area contributed by atoms with Gasteiger partial charge in [0.15, 0.2) is 0 Å². The van der Waals surface area contributed by atoms with Crippen molar-refractivity contribution in [3.63, 3.8) is 0 Å². The molecule has 0 aromatic heterocycles. The summed E-state index contributed by atoms with van der Waals surface area (Å²) in [4.78, 5) is 14.7. The molecule has 3 nitrogen and oxygen atoms in total. The monoisotopic (exact) mass is 280 g/mol. The van der Waals surface area contributed by atoms with Gasteiger partial charge in [-0.3, -0.25) is 4.79 Å². The van der Waals surface area contributed by atoms with E-state index >= 15 is 0 Å². The van der Waals surface area contributed by atoms with Gasteiger partial charge in [-0.2, -0.15) is 0 Å². The quantitative estimate of drug-likeness (QED) is 0.901. The lowest BCUT2D eigenvalue weighted by Gasteiger charge is -2.35. The molecule has 2 atom stereocenters. The third kappa shape index (κ3) is 2.37. The van der Waals surface area contributed by atoms with Crippen molar-refractivity contribution in [3.05, 3.63) is 29.8 Å². The Morgan fingerprint density at radius 2 is 2.05 bits per heavy atom. The Bertz CT molecular complexity index is 473. The van der Waals surface area contributed by atoms with E-state index in [0.29, 0.717) is 17.9 Å². The lowest BCUT2D eigenvalue weighted by Crippen LogP contribution is -2.51. The molecule has 2 unspecified atom stereocenters. The van der Waals surface area contributed by atoms with Crippen molar-refractivity contribution in [3.8, 4) is 0 Å². The van der Waals surface area contributed by atoms with Crippen LogP contribution in [-0.2, 0) is 11.2 Å². The number of rotatable bonds is 2. The summed E-state index contributed by atoms with van der Waals surface area (Å²) in [5, 5.41) is 3.25. The van der Waals surface area contributed by atoms with E-state index in [2.05, 4.69) is 37.4 Å². The van der Waals surface area contributed by atoms with Crippen molar-refractivity contribution in [2.45, 2.75) is 26.3 Å². The Labute approximate surface area is 120 Å². The Morgan fingerprint density at radius 3 is 2.68 bits per heavy atom. The smallest absolute Gasteiger partial charge is 0.230 e. The van der Waals surface area contributed by atoms with Gasteiger partial charge in [-0.25, -0.2) is 0 Å². The van der Waals surface area contributed by atoms with Gasteiger partial charge in [0.05, 0.1) is 0 Å². The zero-order valence-corrected chi connectivity index (χ0v) is 12.2. The first-order chi connectivity index (χ1) is 8.68. The van der Waals surface area contributed by atoms with Gasteiger partial charge in [-0.05, 0) is 44.0 Å². The molecule has 1 aromatic carbocycles. The molecule has 2 aliphatic heterocycles. The number of hydrogen-bond acceptors (Lipinski definition) is 2. The van der Waals surface area contributed by atoms with Gasteiger partial charge in [0.25, 0.3) is 0 Å². The van der Waals surface area contributed by atoms with Crippen molar-refractivity contribution in [1.82, 2.24) is 5.32 Å². The molecular weight excluding hydrogens is 260 g/mol. The molecule has 0 bridgehead atoms. The van der Waals surface area contributed by atoms with Crippen LogP contribution in [0.1, 0.15) is 19.4 Å². The summed E-state index contributed by atoms with van der Waals surface area (Å²) in [6.07, 6.45) is 0.984. The summed E-state index contributed by atoms with van der Waals surface area (Å²) < 4.78 is 0. The number of hydrogen-bond donors (Lipinski definition) is 1. The molecule has 19 heavy (non-hydrogen) atoms. The number of carbonyl (C=O) groups excluding carboxylic acids is 1. The number of amides is 1. The zero-order valence-electron chi connectivity index (χ0n) is 11.4. The summed E-state index contributed by atoms with van der Waals surface area (Å²) >= 11 is 0. The third-order valence-electron chi connectivity index (χ3n) is 4.35. The fourth-order valence-electron chi connectivity index (χ4n) is 2.99. The standard InChI is InChI=1S/C15H20N2O.ClH/c1-10-7-12-5-3-4-6-14(12)17(10)15(18)11(2)13-8-16-9-13;/h3-6,10-11,13,16H,7-9H2,1-2H3;1H. The second-order valence-electron chi connectivity index (χ2n) is 5.60. The molecule has 2 aliphatic rings. The molecule has 3 rings (SSSR count). The maximum Gasteiger partial charge on any atom is 0.230 e. The SMILES string of the molecule is CC(C(=O)N1c2ccccc2CC1C)C1CNC1.Cl. The molecule has 0 saturated carbocycles. The van der Waals surface area contributed by atoms with Crippen LogP contribution in [0, 0.1) is 11.8 Å². The number of anilines is 1. The van der Waals surface area contributed by atoms with E-state index < -0.39 is 0 Å². The summed E-state index contributed by atoms with van der Waals surface area (Å²) in [6, 6.07) is 8.58. The minimum Gasteiger partial charge on any atom is -0.316 e. The third-order valence-corrected chi connectivity index (χ3v) is 4.35. The number of carbonyl (C=O) groups is 1. The Morgan fingerprint density at radius 1 is 1.37 bits per heavy atom. The number of fused-ring (bicyclic) bond motifs is 1. The topological polar surface area (TPSA) is 32.3 Å². The van der Waals surface area contributed by atoms with Crippen LogP contribution in [-0.4, -0.2) is 25.0 Å². The molecule has 0 radical (unpaired) electrons. The van der Waals surface area contributed by atoms with Crippen LogP contribution in [0.2, 0.25) is 0 Å². The number of benzene rings is 1. The second kappa shape index (κ2) is 5.51. The molecule has 1 N–H and O–H groups in total. The Balaban J connectivity index is 0.00000133. The highest BCUT2D eigenvalue weighted by atomic mass is 35.5. The predicted molar refractivity (Wildman–Crippen MR) is 79.9 cm³/mol. The van der Waals surface area contributed by atoms with Crippen LogP contribution in [0.4, 0.5) is 5.69 Å². The number of para-hydroxylation sites is 1. The number of nitrogens with zero attached hydrogens (tertiary/aromatic N) is 1. The first-order valence-electron chi connectivity index (χ1n) is 6.80. The predicted octanol–water partition coefficient (Wildman–Crippen LogP) is 2.24. The molecule has 1 saturated heterocycles. The lowest BCUT2D eigenvalue weighted by molar-refractivity contribution is -0.124. The largest absolute Gasteiger partial charge is 0.316 e. The summed E-state index contributed by atoms with van der Waals surface area (Å²) in [5.41, 5.74) is 2.42. The van der Waals surface area contributed by atoms with Gasteiger partial charge >= 0.3 is 0 Å². The van der Waals surface area contributed by atoms with E-state index in [1.165, 1.54) is 5.56 Å². The highest BCUT2D eigenvalue weighted by molar-refractivity contribution is 5.97. The molecular formula is C15H21ClN2O. The number of nitrogens with one attached hydrogen (secondary N) is 1. The fraction of sp³-hybridized carbons (Fsp3) is 0.533. The average Bonchev–Trinajstić information content (AvgIpc) is 2.61. The van der Waals surface area contributed by atoms with Crippen LogP contribution in [0.5, 0.6) is 0 Å². The van der Waals surface area contributed by atoms with Crippen LogP contribution in [0.15, 0.2) is 24.3 Å². The molecule has 0 aliphatic carbocycles. The molecule has 0 spiro atoms. The van der Waals surface area contributed by atoms with Gasteiger partial charge in [-0.1, -0.05) is 25.1 Å². The van der Waals surface area contributed by atoms with E-state index in [9.17, 15) is 4.79 Å². The van der Waals surface area contributed by atoms with Crippen molar-refractivity contribution in [1.29, 1.82) is 0 Å². The average molecular weight is 281 g/mol. The maximum atomic E-state index is 12.7. The minimum absolute atomic E-state index is 0. The van der Waals surface area contributed by atoms with Crippen molar-refractivity contribution in [2.75, 3.05) is 18.0 Å². The van der Waals surface area contributed by atoms with Crippen molar-refractivity contribution in [2.24, 2.45) is 11.8 Å². The van der Waals surface area contributed by atoms with Gasteiger partial charge in [0, 0.05) is 17.6 Å². The first-order valence-corrected chi connectivity index (χ1v) is 6.80. The zero-order chi connectivity index (χ0) is 12.7. The van der Waals surface area contributed by atoms with Gasteiger partial charge in [0.1, 0.15) is 0 Å². The Hall–Kier alpha value is -1.06. The highest BCUT2D eigenvalue weighted by Crippen LogP contribution is 2.34. The summed E-state index contributed by atoms with van der Waals surface area (Å²) in [6.45, 7) is 6.18. The fourth-order valence-corrected chi connectivity index (χ4v) is 2.99. The normalized spacial score (nSPS) is 23.3. The van der Waals surface area contributed by atoms with E-state index in [-0.39, 0.29) is 18.3 Å². The maximum absolute atomic E-state index is 12.7. The molecule has 104 valence electrons. The first kappa shape index (κ1) is 14.4. The van der Waals surface area contributed by atoms with Gasteiger partial charge in [-0.15, -0.1) is 12.4 Å². The Kier molecular flexibility index (Phi) is 4.16. The van der Waals surface area contributed by atoms with Crippen molar-refractivity contribution < 1.29 is 4.79 Å². The van der Waals surface area contributed by atoms with Crippen LogP contribution in [0.25, 0.3) is 0 Å². The summed E-state index contributed by atoms with van der Waals surface area (Å²) in [5.74, 6) is 0.927. The molecule has 2 heterocycles. The van der Waals surface area contributed by atoms with Crippen LogP contribution >= 0.6 is 12.4 Å². The van der Waals surface area contributed by atoms with Crippen LogP contribution in [0.3, 0.4) is 0 Å². The number of halogens is 1. The molecule has 1 fully saturated rings. The molecule has 4 heteroatoms. The minimum atomic E-state index is 0. The van der Waals surface area contributed by atoms with E-state index in [1.54, 1.807) is 0 Å². The van der Waals surface area contributed by atoms with Crippen LogP contribution < -0.4 is 10.2 Å². The highest BCUT2D eigenvalue weighted by Gasteiger charge is 2.37. The summed E-state index contributed by atoms with van der Waals surface area (Å²) in [7, 11) is 0. The van der Waals surface area contributed by atoms with Gasteiger partial charge < -0.3 is 10.2 Å². The molecule has 1 aromatic rings. The van der Waals surface area contributed by atoms with Crippen molar-refractivity contribution >= 4 is 24.0 Å². The van der Waals surface area contributed by atoms with E-state index in [0.717, 1.165) is 25.2 Å². The second-order valence-corrected chi connectivity index (χ2v) is 5.60. The molecule has 1 amide bonds.